The Bertz CT molecular complexity index is 514. The molecule has 17 heavy (non-hydrogen) atoms. The standard InChI is InChI=1S/C12H11Cl2FN2/c1-17-4-2-3-9(17)7-16-8-5-10(13)12(15)11(14)6-8/h2-6,16H,7H2,1H3. The second-order valence-corrected chi connectivity index (χ2v) is 4.53. The largest absolute Gasteiger partial charge is 0.379 e. The number of nitrogens with zero attached hydrogens (tertiary/aromatic N) is 1. The summed E-state index contributed by atoms with van der Waals surface area (Å²) in [5, 5.41) is 3.18. The molecule has 1 aromatic heterocycles. The van der Waals surface area contributed by atoms with E-state index in [-0.39, 0.29) is 10.0 Å². The number of benzene rings is 1. The van der Waals surface area contributed by atoms with Gasteiger partial charge in [-0.3, -0.25) is 0 Å². The van der Waals surface area contributed by atoms with Gasteiger partial charge in [0.2, 0.25) is 0 Å². The van der Waals surface area contributed by atoms with Crippen LogP contribution in [0.25, 0.3) is 0 Å². The topological polar surface area (TPSA) is 17.0 Å². The van der Waals surface area contributed by atoms with E-state index < -0.39 is 5.82 Å². The monoisotopic (exact) mass is 272 g/mol. The third-order valence-electron chi connectivity index (χ3n) is 2.51. The molecule has 0 radical (unpaired) electrons. The molecule has 2 nitrogen and oxygen atoms in total. The Hall–Kier alpha value is -1.19. The number of nitrogens with one attached hydrogen (secondary N) is 1. The molecular formula is C12H11Cl2FN2. The summed E-state index contributed by atoms with van der Waals surface area (Å²) in [6.07, 6.45) is 1.96. The summed E-state index contributed by atoms with van der Waals surface area (Å²) in [7, 11) is 1.96. The quantitative estimate of drug-likeness (QED) is 0.834. The summed E-state index contributed by atoms with van der Waals surface area (Å²) >= 11 is 11.4. The van der Waals surface area contributed by atoms with E-state index in [1.165, 1.54) is 12.1 Å². The molecule has 0 saturated heterocycles. The highest BCUT2D eigenvalue weighted by Gasteiger charge is 2.07. The van der Waals surface area contributed by atoms with Crippen molar-refractivity contribution in [1.82, 2.24) is 4.57 Å². The van der Waals surface area contributed by atoms with Crippen molar-refractivity contribution in [3.8, 4) is 0 Å². The average molecular weight is 273 g/mol. The maximum Gasteiger partial charge on any atom is 0.160 e. The van der Waals surface area contributed by atoms with E-state index in [9.17, 15) is 4.39 Å². The van der Waals surface area contributed by atoms with Crippen LogP contribution in [0.15, 0.2) is 30.5 Å². The molecule has 5 heteroatoms. The van der Waals surface area contributed by atoms with Crippen molar-refractivity contribution in [2.45, 2.75) is 6.54 Å². The summed E-state index contributed by atoms with van der Waals surface area (Å²) in [6, 6.07) is 7.00. The molecule has 1 aromatic carbocycles. The predicted octanol–water partition coefficient (Wildman–Crippen LogP) is 4.08. The predicted molar refractivity (Wildman–Crippen MR) is 69.2 cm³/mol. The first-order chi connectivity index (χ1) is 8.08. The van der Waals surface area contributed by atoms with E-state index in [4.69, 9.17) is 23.2 Å². The van der Waals surface area contributed by atoms with Gasteiger partial charge in [0.1, 0.15) is 0 Å². The number of aromatic nitrogens is 1. The molecule has 0 atom stereocenters. The van der Waals surface area contributed by atoms with Crippen LogP contribution in [0.4, 0.5) is 10.1 Å². The van der Waals surface area contributed by atoms with Gasteiger partial charge in [0.25, 0.3) is 0 Å². The molecule has 1 N–H and O–H groups in total. The van der Waals surface area contributed by atoms with Crippen molar-refractivity contribution in [2.75, 3.05) is 5.32 Å². The lowest BCUT2D eigenvalue weighted by Crippen LogP contribution is -2.04. The highest BCUT2D eigenvalue weighted by atomic mass is 35.5. The van der Waals surface area contributed by atoms with Crippen LogP contribution in [-0.4, -0.2) is 4.57 Å². The Morgan fingerprint density at radius 1 is 1.29 bits per heavy atom. The van der Waals surface area contributed by atoms with E-state index in [1.807, 2.05) is 29.9 Å². The second kappa shape index (κ2) is 4.98. The summed E-state index contributed by atoms with van der Waals surface area (Å²) < 4.78 is 15.2. The van der Waals surface area contributed by atoms with Crippen LogP contribution < -0.4 is 5.32 Å². The molecule has 0 bridgehead atoms. The van der Waals surface area contributed by atoms with E-state index in [1.54, 1.807) is 0 Å². The molecule has 1 heterocycles. The van der Waals surface area contributed by atoms with Gasteiger partial charge in [-0.2, -0.15) is 0 Å². The maximum absolute atomic E-state index is 13.2. The van der Waals surface area contributed by atoms with Gasteiger partial charge in [0, 0.05) is 24.6 Å². The Labute approximate surface area is 109 Å². The molecule has 90 valence electrons. The second-order valence-electron chi connectivity index (χ2n) is 3.72. The molecular weight excluding hydrogens is 262 g/mol. The van der Waals surface area contributed by atoms with Gasteiger partial charge in [-0.1, -0.05) is 23.2 Å². The van der Waals surface area contributed by atoms with Gasteiger partial charge >= 0.3 is 0 Å². The minimum atomic E-state index is -0.585. The third-order valence-corrected chi connectivity index (χ3v) is 3.06. The Morgan fingerprint density at radius 2 is 1.94 bits per heavy atom. The first-order valence-corrected chi connectivity index (χ1v) is 5.82. The van der Waals surface area contributed by atoms with Crippen LogP contribution in [0.1, 0.15) is 5.69 Å². The van der Waals surface area contributed by atoms with Crippen molar-refractivity contribution in [2.24, 2.45) is 7.05 Å². The molecule has 0 aliphatic carbocycles. The fourth-order valence-electron chi connectivity index (χ4n) is 1.53. The van der Waals surface area contributed by atoms with Crippen molar-refractivity contribution in [3.05, 3.63) is 52.0 Å². The number of rotatable bonds is 3. The molecule has 0 aliphatic heterocycles. The van der Waals surface area contributed by atoms with E-state index >= 15 is 0 Å². The van der Waals surface area contributed by atoms with Crippen LogP contribution in [0.3, 0.4) is 0 Å². The molecule has 0 saturated carbocycles. The smallest absolute Gasteiger partial charge is 0.160 e. The van der Waals surface area contributed by atoms with Crippen LogP contribution in [-0.2, 0) is 13.6 Å². The Kier molecular flexibility index (Phi) is 3.60. The van der Waals surface area contributed by atoms with Gasteiger partial charge in [0.15, 0.2) is 5.82 Å². The zero-order chi connectivity index (χ0) is 12.4. The Morgan fingerprint density at radius 3 is 2.47 bits per heavy atom. The number of hydrogen-bond donors (Lipinski definition) is 1. The third kappa shape index (κ3) is 2.73. The van der Waals surface area contributed by atoms with Gasteiger partial charge < -0.3 is 9.88 Å². The summed E-state index contributed by atoms with van der Waals surface area (Å²) in [4.78, 5) is 0. The molecule has 0 aliphatic rings. The zero-order valence-electron chi connectivity index (χ0n) is 9.17. The first kappa shape index (κ1) is 12.3. The van der Waals surface area contributed by atoms with Crippen LogP contribution in [0.5, 0.6) is 0 Å². The van der Waals surface area contributed by atoms with E-state index in [0.29, 0.717) is 12.2 Å². The number of hydrogen-bond acceptors (Lipinski definition) is 1. The average Bonchev–Trinajstić information content (AvgIpc) is 2.69. The molecule has 2 rings (SSSR count). The van der Waals surface area contributed by atoms with Gasteiger partial charge in [0.05, 0.1) is 16.6 Å². The fraction of sp³-hybridized carbons (Fsp3) is 0.167. The Balaban J connectivity index is 2.12. The zero-order valence-corrected chi connectivity index (χ0v) is 10.7. The van der Waals surface area contributed by atoms with Crippen molar-refractivity contribution in [1.29, 1.82) is 0 Å². The van der Waals surface area contributed by atoms with Gasteiger partial charge in [-0.25, -0.2) is 4.39 Å². The lowest BCUT2D eigenvalue weighted by Gasteiger charge is -2.09. The van der Waals surface area contributed by atoms with Crippen molar-refractivity contribution < 1.29 is 4.39 Å². The fourth-order valence-corrected chi connectivity index (χ4v) is 2.02. The van der Waals surface area contributed by atoms with Crippen molar-refractivity contribution in [3.63, 3.8) is 0 Å². The minimum absolute atomic E-state index is 0.0203. The molecule has 0 unspecified atom stereocenters. The minimum Gasteiger partial charge on any atom is -0.379 e. The van der Waals surface area contributed by atoms with Gasteiger partial charge in [-0.05, 0) is 24.3 Å². The molecule has 2 aromatic rings. The van der Waals surface area contributed by atoms with Crippen molar-refractivity contribution >= 4 is 28.9 Å². The van der Waals surface area contributed by atoms with Crippen LogP contribution in [0.2, 0.25) is 10.0 Å². The number of aryl methyl sites for hydroxylation is 1. The first-order valence-electron chi connectivity index (χ1n) is 5.06. The van der Waals surface area contributed by atoms with Gasteiger partial charge in [-0.15, -0.1) is 0 Å². The van der Waals surface area contributed by atoms with Crippen LogP contribution in [0, 0.1) is 5.82 Å². The SMILES string of the molecule is Cn1cccc1CNc1cc(Cl)c(F)c(Cl)c1. The lowest BCUT2D eigenvalue weighted by atomic mass is 10.3. The molecule has 0 spiro atoms. The number of anilines is 1. The number of halogens is 3. The summed E-state index contributed by atoms with van der Waals surface area (Å²) in [5.41, 5.74) is 1.81. The maximum atomic E-state index is 13.2. The molecule has 0 amide bonds. The van der Waals surface area contributed by atoms with E-state index in [0.717, 1.165) is 5.69 Å². The summed E-state index contributed by atoms with van der Waals surface area (Å²) in [5.74, 6) is -0.585. The van der Waals surface area contributed by atoms with E-state index in [2.05, 4.69) is 5.32 Å². The highest BCUT2D eigenvalue weighted by molar-refractivity contribution is 6.35. The summed E-state index contributed by atoms with van der Waals surface area (Å²) in [6.45, 7) is 0.627. The lowest BCUT2D eigenvalue weighted by molar-refractivity contribution is 0.629. The van der Waals surface area contributed by atoms with Crippen LogP contribution >= 0.6 is 23.2 Å². The molecule has 0 fully saturated rings. The normalized spacial score (nSPS) is 10.6. The highest BCUT2D eigenvalue weighted by Crippen LogP contribution is 2.27.